The minimum Gasteiger partial charge on any atom is -0.465 e. The van der Waals surface area contributed by atoms with Crippen LogP contribution in [0.25, 0.3) is 11.3 Å². The SMILES string of the molecule is CCCCCc1cc(-c2ccc(C(=O)OC)cc2)no1. The molecule has 0 saturated heterocycles. The zero-order chi connectivity index (χ0) is 14.4. The molecule has 0 atom stereocenters. The first-order valence-electron chi connectivity index (χ1n) is 6.89. The number of ether oxygens (including phenoxy) is 1. The van der Waals surface area contributed by atoms with E-state index in [1.54, 1.807) is 12.1 Å². The Bertz CT molecular complexity index is 557. The van der Waals surface area contributed by atoms with Gasteiger partial charge in [0.1, 0.15) is 11.5 Å². The molecule has 2 aromatic rings. The van der Waals surface area contributed by atoms with Gasteiger partial charge in [0.25, 0.3) is 0 Å². The van der Waals surface area contributed by atoms with Crippen LogP contribution in [0.3, 0.4) is 0 Å². The van der Waals surface area contributed by atoms with Crippen LogP contribution in [0.1, 0.15) is 42.3 Å². The highest BCUT2D eigenvalue weighted by atomic mass is 16.5. The lowest BCUT2D eigenvalue weighted by Crippen LogP contribution is -2.00. The van der Waals surface area contributed by atoms with E-state index < -0.39 is 0 Å². The molecule has 1 heterocycles. The first-order valence-corrected chi connectivity index (χ1v) is 6.89. The number of hydrogen-bond acceptors (Lipinski definition) is 4. The van der Waals surface area contributed by atoms with Crippen molar-refractivity contribution in [2.45, 2.75) is 32.6 Å². The lowest BCUT2D eigenvalue weighted by atomic mass is 10.1. The van der Waals surface area contributed by atoms with Crippen molar-refractivity contribution < 1.29 is 14.1 Å². The number of rotatable bonds is 6. The fourth-order valence-electron chi connectivity index (χ4n) is 2.01. The summed E-state index contributed by atoms with van der Waals surface area (Å²) in [6.07, 6.45) is 4.42. The zero-order valence-electron chi connectivity index (χ0n) is 11.9. The molecule has 0 bridgehead atoms. The Morgan fingerprint density at radius 2 is 2.00 bits per heavy atom. The van der Waals surface area contributed by atoms with E-state index in [2.05, 4.69) is 16.8 Å². The van der Waals surface area contributed by atoms with Gasteiger partial charge in [-0.2, -0.15) is 0 Å². The van der Waals surface area contributed by atoms with Crippen molar-refractivity contribution in [3.8, 4) is 11.3 Å². The Labute approximate surface area is 118 Å². The van der Waals surface area contributed by atoms with Crippen molar-refractivity contribution in [3.05, 3.63) is 41.7 Å². The molecular weight excluding hydrogens is 254 g/mol. The van der Waals surface area contributed by atoms with Crippen LogP contribution in [0.5, 0.6) is 0 Å². The van der Waals surface area contributed by atoms with Crippen LogP contribution in [-0.2, 0) is 11.2 Å². The topological polar surface area (TPSA) is 52.3 Å². The summed E-state index contributed by atoms with van der Waals surface area (Å²) in [5.41, 5.74) is 2.26. The van der Waals surface area contributed by atoms with Crippen LogP contribution < -0.4 is 0 Å². The molecule has 0 unspecified atom stereocenters. The van der Waals surface area contributed by atoms with E-state index in [9.17, 15) is 4.79 Å². The maximum atomic E-state index is 11.4. The molecule has 0 spiro atoms. The molecule has 4 heteroatoms. The Kier molecular flexibility index (Phi) is 4.93. The summed E-state index contributed by atoms with van der Waals surface area (Å²) >= 11 is 0. The molecule has 0 N–H and O–H groups in total. The Morgan fingerprint density at radius 1 is 1.25 bits per heavy atom. The predicted octanol–water partition coefficient (Wildman–Crippen LogP) is 3.86. The summed E-state index contributed by atoms with van der Waals surface area (Å²) in [7, 11) is 1.37. The van der Waals surface area contributed by atoms with Gasteiger partial charge in [-0.3, -0.25) is 0 Å². The number of hydrogen-bond donors (Lipinski definition) is 0. The summed E-state index contributed by atoms with van der Waals surface area (Å²) in [5.74, 6) is 0.572. The second-order valence-corrected chi connectivity index (χ2v) is 4.70. The maximum Gasteiger partial charge on any atom is 0.337 e. The quantitative estimate of drug-likeness (QED) is 0.592. The molecule has 0 aliphatic rings. The molecule has 0 aliphatic heterocycles. The number of unbranched alkanes of at least 4 members (excludes halogenated alkanes) is 2. The lowest BCUT2D eigenvalue weighted by Gasteiger charge is -1.99. The average Bonchev–Trinajstić information content (AvgIpc) is 2.96. The molecule has 0 amide bonds. The van der Waals surface area contributed by atoms with E-state index >= 15 is 0 Å². The highest BCUT2D eigenvalue weighted by molar-refractivity contribution is 5.89. The summed E-state index contributed by atoms with van der Waals surface area (Å²) in [4.78, 5) is 11.4. The third-order valence-electron chi connectivity index (χ3n) is 3.19. The molecule has 0 aliphatic carbocycles. The zero-order valence-corrected chi connectivity index (χ0v) is 11.9. The maximum absolute atomic E-state index is 11.4. The molecule has 1 aromatic heterocycles. The monoisotopic (exact) mass is 273 g/mol. The normalized spacial score (nSPS) is 10.5. The fraction of sp³-hybridized carbons (Fsp3) is 0.375. The highest BCUT2D eigenvalue weighted by Crippen LogP contribution is 2.21. The second kappa shape index (κ2) is 6.89. The van der Waals surface area contributed by atoms with Crippen molar-refractivity contribution >= 4 is 5.97 Å². The van der Waals surface area contributed by atoms with E-state index in [0.717, 1.165) is 29.9 Å². The predicted molar refractivity (Wildman–Crippen MR) is 76.5 cm³/mol. The molecule has 1 aromatic carbocycles. The van der Waals surface area contributed by atoms with E-state index in [-0.39, 0.29) is 5.97 Å². The molecule has 106 valence electrons. The number of methoxy groups -OCH3 is 1. The van der Waals surface area contributed by atoms with Gasteiger partial charge in [-0.05, 0) is 18.6 Å². The summed E-state index contributed by atoms with van der Waals surface area (Å²) in [5, 5.41) is 4.07. The lowest BCUT2D eigenvalue weighted by molar-refractivity contribution is 0.0601. The highest BCUT2D eigenvalue weighted by Gasteiger charge is 2.09. The van der Waals surface area contributed by atoms with Crippen molar-refractivity contribution in [1.29, 1.82) is 0 Å². The van der Waals surface area contributed by atoms with E-state index in [1.807, 2.05) is 18.2 Å². The number of esters is 1. The van der Waals surface area contributed by atoms with Crippen molar-refractivity contribution in [2.75, 3.05) is 7.11 Å². The van der Waals surface area contributed by atoms with Crippen LogP contribution in [0.2, 0.25) is 0 Å². The molecule has 2 rings (SSSR count). The van der Waals surface area contributed by atoms with Gasteiger partial charge in [0.05, 0.1) is 12.7 Å². The van der Waals surface area contributed by atoms with Crippen LogP contribution in [0.15, 0.2) is 34.9 Å². The standard InChI is InChI=1S/C16H19NO3/c1-3-4-5-6-14-11-15(17-20-14)12-7-9-13(10-8-12)16(18)19-2/h7-11H,3-6H2,1-2H3. The Balaban J connectivity index is 2.06. The van der Waals surface area contributed by atoms with E-state index in [4.69, 9.17) is 4.52 Å². The Hall–Kier alpha value is -2.10. The summed E-state index contributed by atoms with van der Waals surface area (Å²) in [6, 6.07) is 9.11. The largest absolute Gasteiger partial charge is 0.465 e. The number of nitrogens with zero attached hydrogens (tertiary/aromatic N) is 1. The summed E-state index contributed by atoms with van der Waals surface area (Å²) < 4.78 is 9.99. The van der Waals surface area contributed by atoms with E-state index in [0.29, 0.717) is 5.56 Å². The molecule has 20 heavy (non-hydrogen) atoms. The van der Waals surface area contributed by atoms with Gasteiger partial charge >= 0.3 is 5.97 Å². The molecule has 4 nitrogen and oxygen atoms in total. The van der Waals surface area contributed by atoms with Gasteiger partial charge in [-0.15, -0.1) is 0 Å². The Morgan fingerprint density at radius 3 is 2.65 bits per heavy atom. The van der Waals surface area contributed by atoms with Crippen LogP contribution in [0, 0.1) is 0 Å². The van der Waals surface area contributed by atoms with Gasteiger partial charge in [-0.25, -0.2) is 4.79 Å². The van der Waals surface area contributed by atoms with Crippen LogP contribution in [0.4, 0.5) is 0 Å². The van der Waals surface area contributed by atoms with Crippen molar-refractivity contribution in [2.24, 2.45) is 0 Å². The van der Waals surface area contributed by atoms with Crippen LogP contribution >= 0.6 is 0 Å². The number of carbonyl (C=O) groups is 1. The number of carbonyl (C=O) groups excluding carboxylic acids is 1. The van der Waals surface area contributed by atoms with E-state index in [1.165, 1.54) is 20.0 Å². The molecule has 0 saturated carbocycles. The third-order valence-corrected chi connectivity index (χ3v) is 3.19. The number of aromatic nitrogens is 1. The minimum absolute atomic E-state index is 0.336. The fourth-order valence-corrected chi connectivity index (χ4v) is 2.01. The first kappa shape index (κ1) is 14.3. The van der Waals surface area contributed by atoms with Crippen LogP contribution in [-0.4, -0.2) is 18.2 Å². The average molecular weight is 273 g/mol. The van der Waals surface area contributed by atoms with Crippen molar-refractivity contribution in [3.63, 3.8) is 0 Å². The smallest absolute Gasteiger partial charge is 0.337 e. The third kappa shape index (κ3) is 3.47. The molecule has 0 fully saturated rings. The molecular formula is C16H19NO3. The van der Waals surface area contributed by atoms with Gasteiger partial charge in [0.15, 0.2) is 0 Å². The minimum atomic E-state index is -0.336. The van der Waals surface area contributed by atoms with Gasteiger partial charge < -0.3 is 9.26 Å². The second-order valence-electron chi connectivity index (χ2n) is 4.70. The number of benzene rings is 1. The number of aryl methyl sites for hydroxylation is 1. The van der Waals surface area contributed by atoms with Gasteiger partial charge in [0, 0.05) is 18.1 Å². The first-order chi connectivity index (χ1) is 9.74. The summed E-state index contributed by atoms with van der Waals surface area (Å²) in [6.45, 7) is 2.18. The van der Waals surface area contributed by atoms with Gasteiger partial charge in [0.2, 0.25) is 0 Å². The van der Waals surface area contributed by atoms with Crippen molar-refractivity contribution in [1.82, 2.24) is 5.16 Å². The molecule has 0 radical (unpaired) electrons. The van der Waals surface area contributed by atoms with Gasteiger partial charge in [-0.1, -0.05) is 37.1 Å².